The first-order valence-corrected chi connectivity index (χ1v) is 8.99. The molecule has 0 atom stereocenters. The van der Waals surface area contributed by atoms with Crippen molar-refractivity contribution in [2.24, 2.45) is 0 Å². The van der Waals surface area contributed by atoms with Crippen molar-refractivity contribution >= 4 is 27.6 Å². The Morgan fingerprint density at radius 1 is 1.25 bits per heavy atom. The summed E-state index contributed by atoms with van der Waals surface area (Å²) in [5.74, 6) is -0.153. The molecular formula is C12H18N2O4S2. The van der Waals surface area contributed by atoms with Gasteiger partial charge in [0.2, 0.25) is 0 Å². The van der Waals surface area contributed by atoms with E-state index in [-0.39, 0.29) is 17.1 Å². The van der Waals surface area contributed by atoms with Gasteiger partial charge in [-0.3, -0.25) is 0 Å². The molecule has 1 rings (SSSR count). The summed E-state index contributed by atoms with van der Waals surface area (Å²) in [6.45, 7) is 5.09. The first-order chi connectivity index (χ1) is 9.26. The number of carbonyl (C=O) groups is 1. The van der Waals surface area contributed by atoms with Crippen LogP contribution in [-0.2, 0) is 9.84 Å². The monoisotopic (exact) mass is 318 g/mol. The van der Waals surface area contributed by atoms with Gasteiger partial charge in [0.15, 0.2) is 9.84 Å². The van der Waals surface area contributed by atoms with Gasteiger partial charge >= 0.3 is 5.97 Å². The van der Waals surface area contributed by atoms with Crippen LogP contribution < -0.4 is 0 Å². The minimum Gasteiger partial charge on any atom is -0.478 e. The van der Waals surface area contributed by atoms with Crippen LogP contribution in [0.15, 0.2) is 5.03 Å². The number of hydrogen-bond donors (Lipinski definition) is 1. The van der Waals surface area contributed by atoms with E-state index in [2.05, 4.69) is 9.97 Å². The maximum absolute atomic E-state index is 11.6. The highest BCUT2D eigenvalue weighted by molar-refractivity contribution is 8.00. The van der Waals surface area contributed by atoms with Crippen LogP contribution in [0.2, 0.25) is 0 Å². The van der Waals surface area contributed by atoms with E-state index >= 15 is 0 Å². The van der Waals surface area contributed by atoms with Crippen molar-refractivity contribution in [3.8, 4) is 0 Å². The molecule has 0 radical (unpaired) electrons. The van der Waals surface area contributed by atoms with Gasteiger partial charge in [0.25, 0.3) is 0 Å². The Kier molecular flexibility index (Phi) is 5.94. The molecule has 0 unspecified atom stereocenters. The van der Waals surface area contributed by atoms with Gasteiger partial charge in [-0.25, -0.2) is 23.2 Å². The van der Waals surface area contributed by atoms with E-state index in [1.165, 1.54) is 0 Å². The quantitative estimate of drug-likeness (QED) is 0.603. The second-order valence-corrected chi connectivity index (χ2v) is 7.73. The number of aromatic carboxylic acids is 1. The molecule has 1 N–H and O–H groups in total. The highest BCUT2D eigenvalue weighted by Crippen LogP contribution is 2.23. The van der Waals surface area contributed by atoms with E-state index < -0.39 is 15.8 Å². The van der Waals surface area contributed by atoms with Crippen molar-refractivity contribution in [2.75, 3.05) is 17.3 Å². The molecule has 0 bridgehead atoms. The highest BCUT2D eigenvalue weighted by Gasteiger charge is 2.18. The van der Waals surface area contributed by atoms with Gasteiger partial charge in [0.05, 0.1) is 11.4 Å². The van der Waals surface area contributed by atoms with E-state index in [1.54, 1.807) is 13.8 Å². The van der Waals surface area contributed by atoms with Crippen LogP contribution in [0.1, 0.15) is 35.2 Å². The molecule has 0 aliphatic rings. The number of thioether (sulfide) groups is 1. The van der Waals surface area contributed by atoms with Crippen molar-refractivity contribution in [3.63, 3.8) is 0 Å². The summed E-state index contributed by atoms with van der Waals surface area (Å²) in [5, 5.41) is 9.50. The smallest absolute Gasteiger partial charge is 0.340 e. The molecule has 1 aromatic rings. The van der Waals surface area contributed by atoms with Crippen molar-refractivity contribution in [1.29, 1.82) is 0 Å². The van der Waals surface area contributed by atoms with Crippen molar-refractivity contribution in [3.05, 3.63) is 17.1 Å². The van der Waals surface area contributed by atoms with E-state index in [9.17, 15) is 13.2 Å². The van der Waals surface area contributed by atoms with E-state index in [4.69, 9.17) is 5.11 Å². The molecule has 1 heterocycles. The number of hydrogen-bond acceptors (Lipinski definition) is 6. The summed E-state index contributed by atoms with van der Waals surface area (Å²) in [5.41, 5.74) is 0.442. The first-order valence-electron chi connectivity index (χ1n) is 6.18. The van der Waals surface area contributed by atoms with Crippen LogP contribution in [-0.4, -0.2) is 46.7 Å². The maximum Gasteiger partial charge on any atom is 0.340 e. The van der Waals surface area contributed by atoms with Crippen LogP contribution in [0.3, 0.4) is 0 Å². The fraction of sp³-hybridized carbons (Fsp3) is 0.583. The van der Waals surface area contributed by atoms with Crippen LogP contribution in [0.25, 0.3) is 0 Å². The fourth-order valence-corrected chi connectivity index (χ4v) is 4.65. The van der Waals surface area contributed by atoms with E-state index in [1.807, 2.05) is 6.92 Å². The number of carboxylic acids is 1. The number of sulfone groups is 1. The van der Waals surface area contributed by atoms with E-state index in [0.29, 0.717) is 28.7 Å². The van der Waals surface area contributed by atoms with Gasteiger partial charge < -0.3 is 5.11 Å². The van der Waals surface area contributed by atoms with Gasteiger partial charge in [-0.1, -0.05) is 6.92 Å². The van der Waals surface area contributed by atoms with Crippen LogP contribution >= 0.6 is 11.8 Å². The fourth-order valence-electron chi connectivity index (χ4n) is 1.71. The predicted molar refractivity (Wildman–Crippen MR) is 78.1 cm³/mol. The van der Waals surface area contributed by atoms with Crippen LogP contribution in [0.4, 0.5) is 0 Å². The second kappa shape index (κ2) is 7.03. The topological polar surface area (TPSA) is 97.2 Å². The molecule has 20 heavy (non-hydrogen) atoms. The number of carboxylic acid groups (broad SMARTS) is 1. The molecule has 0 aliphatic carbocycles. The number of nitrogens with zero attached hydrogens (tertiary/aromatic N) is 2. The lowest BCUT2D eigenvalue weighted by molar-refractivity contribution is 0.0690. The molecule has 8 heteroatoms. The average molecular weight is 318 g/mol. The summed E-state index contributed by atoms with van der Waals surface area (Å²) >= 11 is 1.15. The predicted octanol–water partition coefficient (Wildman–Crippen LogP) is 1.71. The highest BCUT2D eigenvalue weighted by atomic mass is 32.2. The average Bonchev–Trinajstić information content (AvgIpc) is 2.26. The van der Waals surface area contributed by atoms with E-state index in [0.717, 1.165) is 11.8 Å². The SMILES string of the molecule is CCCS(=O)(=O)CCSc1nc(C)nc(C)c1C(=O)O. The largest absolute Gasteiger partial charge is 0.478 e. The van der Waals surface area contributed by atoms with Gasteiger partial charge in [-0.05, 0) is 20.3 Å². The lowest BCUT2D eigenvalue weighted by Gasteiger charge is -2.08. The zero-order valence-electron chi connectivity index (χ0n) is 11.7. The molecule has 0 aromatic carbocycles. The molecule has 0 fully saturated rings. The summed E-state index contributed by atoms with van der Waals surface area (Å²) in [6.07, 6.45) is 0.582. The third kappa shape index (κ3) is 4.75. The molecule has 0 saturated carbocycles. The van der Waals surface area contributed by atoms with Crippen LogP contribution in [0, 0.1) is 13.8 Å². The van der Waals surface area contributed by atoms with Crippen molar-refractivity contribution in [2.45, 2.75) is 32.2 Å². The maximum atomic E-state index is 11.6. The lowest BCUT2D eigenvalue weighted by Crippen LogP contribution is -2.13. The molecule has 112 valence electrons. The Morgan fingerprint density at radius 2 is 1.90 bits per heavy atom. The van der Waals surface area contributed by atoms with Crippen molar-refractivity contribution < 1.29 is 18.3 Å². The first kappa shape index (κ1) is 16.9. The van der Waals surface area contributed by atoms with Gasteiger partial charge in [-0.15, -0.1) is 11.8 Å². The third-order valence-corrected chi connectivity index (χ3v) is 5.62. The molecule has 0 aliphatic heterocycles. The molecule has 0 amide bonds. The Balaban J connectivity index is 2.85. The van der Waals surface area contributed by atoms with Gasteiger partial charge in [-0.2, -0.15) is 0 Å². The Labute approximate surface area is 122 Å². The molecule has 0 spiro atoms. The summed E-state index contributed by atoms with van der Waals surface area (Å²) in [4.78, 5) is 19.3. The lowest BCUT2D eigenvalue weighted by atomic mass is 10.2. The molecule has 6 nitrogen and oxygen atoms in total. The Morgan fingerprint density at radius 3 is 2.45 bits per heavy atom. The number of aromatic nitrogens is 2. The zero-order valence-corrected chi connectivity index (χ0v) is 13.3. The number of aryl methyl sites for hydroxylation is 2. The minimum absolute atomic E-state index is 0.0205. The molecule has 0 saturated heterocycles. The second-order valence-electron chi connectivity index (χ2n) is 4.34. The molecule has 1 aromatic heterocycles. The Hall–Kier alpha value is -1.15. The molecular weight excluding hydrogens is 300 g/mol. The normalized spacial score (nSPS) is 11.6. The van der Waals surface area contributed by atoms with Gasteiger partial charge in [0.1, 0.15) is 16.4 Å². The summed E-state index contributed by atoms with van der Waals surface area (Å²) in [7, 11) is -3.07. The van der Waals surface area contributed by atoms with Crippen LogP contribution in [0.5, 0.6) is 0 Å². The third-order valence-electron chi connectivity index (χ3n) is 2.53. The number of rotatable bonds is 7. The summed E-state index contributed by atoms with van der Waals surface area (Å²) < 4.78 is 23.2. The zero-order chi connectivity index (χ0) is 15.3. The van der Waals surface area contributed by atoms with Gasteiger partial charge in [0, 0.05) is 11.5 Å². The minimum atomic E-state index is -3.07. The Bertz CT molecular complexity index is 600. The summed E-state index contributed by atoms with van der Waals surface area (Å²) in [6, 6.07) is 0. The standard InChI is InChI=1S/C12H18N2O4S2/c1-4-6-20(17,18)7-5-19-11-10(12(15)16)8(2)13-9(3)14-11/h4-7H2,1-3H3,(H,15,16). The van der Waals surface area contributed by atoms with Crippen molar-refractivity contribution in [1.82, 2.24) is 9.97 Å².